The molecule has 1 aliphatic carbocycles. The Morgan fingerprint density at radius 2 is 1.49 bits per heavy atom. The summed E-state index contributed by atoms with van der Waals surface area (Å²) in [5.74, 6) is -2.62. The van der Waals surface area contributed by atoms with Crippen LogP contribution in [0.2, 0.25) is 0 Å². The Labute approximate surface area is 204 Å². The lowest BCUT2D eigenvalue weighted by Crippen LogP contribution is -2.45. The molecule has 0 spiro atoms. The van der Waals surface area contributed by atoms with E-state index in [2.05, 4.69) is 28.1 Å². The molecule has 0 fully saturated rings. The lowest BCUT2D eigenvalue weighted by molar-refractivity contribution is -0.152. The van der Waals surface area contributed by atoms with Crippen LogP contribution in [0, 0.1) is 5.92 Å². The highest BCUT2D eigenvalue weighted by Crippen LogP contribution is 2.44. The van der Waals surface area contributed by atoms with Crippen LogP contribution in [0.5, 0.6) is 0 Å². The van der Waals surface area contributed by atoms with Gasteiger partial charge in [-0.25, -0.2) is 4.79 Å². The van der Waals surface area contributed by atoms with Gasteiger partial charge in [-0.15, -0.1) is 0 Å². The van der Waals surface area contributed by atoms with Crippen molar-refractivity contribution in [1.82, 2.24) is 16.0 Å². The first-order chi connectivity index (χ1) is 17.0. The number of carbonyl (C=O) groups is 4. The van der Waals surface area contributed by atoms with Gasteiger partial charge < -0.3 is 25.4 Å². The Balaban J connectivity index is 1.41. The number of amides is 3. The maximum Gasteiger partial charge on any atom is 0.407 e. The topological polar surface area (TPSA) is 123 Å². The van der Waals surface area contributed by atoms with E-state index >= 15 is 0 Å². The van der Waals surface area contributed by atoms with Crippen LogP contribution >= 0.6 is 0 Å². The number of carbonyl (C=O) groups excluding carboxylic acids is 4. The van der Waals surface area contributed by atoms with E-state index in [9.17, 15) is 19.2 Å². The lowest BCUT2D eigenvalue weighted by atomic mass is 9.98. The zero-order valence-electron chi connectivity index (χ0n) is 20.0. The van der Waals surface area contributed by atoms with Gasteiger partial charge in [0.25, 0.3) is 0 Å². The van der Waals surface area contributed by atoms with Gasteiger partial charge in [-0.3, -0.25) is 14.4 Å². The van der Waals surface area contributed by atoms with Crippen LogP contribution in [0.3, 0.4) is 0 Å². The Morgan fingerprint density at radius 3 is 2.09 bits per heavy atom. The molecule has 0 bridgehead atoms. The molecule has 0 saturated heterocycles. The summed E-state index contributed by atoms with van der Waals surface area (Å²) in [4.78, 5) is 48.3. The molecule has 3 N–H and O–H groups in total. The number of nitrogens with one attached hydrogen (secondary N) is 3. The third-order valence-electron chi connectivity index (χ3n) is 5.75. The van der Waals surface area contributed by atoms with Gasteiger partial charge in [0.2, 0.25) is 11.8 Å². The predicted octanol–water partition coefficient (Wildman–Crippen LogP) is 2.69. The number of alkyl carbamates (subject to hydrolysis) is 1. The molecule has 1 aliphatic rings. The minimum absolute atomic E-state index is 0.0762. The summed E-state index contributed by atoms with van der Waals surface area (Å²) in [6, 6.07) is 16.0. The van der Waals surface area contributed by atoms with Crippen molar-refractivity contribution in [2.75, 3.05) is 26.4 Å². The number of rotatable bonds is 11. The zero-order chi connectivity index (χ0) is 25.2. The molecule has 3 amide bonds. The van der Waals surface area contributed by atoms with E-state index in [0.717, 1.165) is 22.3 Å². The van der Waals surface area contributed by atoms with Crippen molar-refractivity contribution < 1.29 is 28.7 Å². The van der Waals surface area contributed by atoms with Crippen LogP contribution in [0.15, 0.2) is 48.5 Å². The second-order valence-corrected chi connectivity index (χ2v) is 8.09. The van der Waals surface area contributed by atoms with Crippen molar-refractivity contribution in [2.24, 2.45) is 5.92 Å². The maximum absolute atomic E-state index is 12.2. The zero-order valence-corrected chi connectivity index (χ0v) is 20.0. The second-order valence-electron chi connectivity index (χ2n) is 8.09. The maximum atomic E-state index is 12.2. The van der Waals surface area contributed by atoms with Crippen molar-refractivity contribution in [1.29, 1.82) is 0 Å². The lowest BCUT2D eigenvalue weighted by Gasteiger charge is -2.16. The number of fused-ring (bicyclic) bond motifs is 3. The molecule has 0 radical (unpaired) electrons. The molecular weight excluding hydrogens is 450 g/mol. The number of hydrogen-bond acceptors (Lipinski definition) is 6. The van der Waals surface area contributed by atoms with Crippen molar-refractivity contribution in [3.63, 3.8) is 0 Å². The van der Waals surface area contributed by atoms with E-state index in [1.54, 1.807) is 6.92 Å². The van der Waals surface area contributed by atoms with Gasteiger partial charge in [0.15, 0.2) is 0 Å². The molecule has 1 unspecified atom stereocenters. The Kier molecular flexibility index (Phi) is 9.23. The Morgan fingerprint density at radius 1 is 0.857 bits per heavy atom. The molecule has 2 aromatic rings. The minimum atomic E-state index is -0.921. The van der Waals surface area contributed by atoms with E-state index in [0.29, 0.717) is 12.8 Å². The van der Waals surface area contributed by atoms with Gasteiger partial charge >= 0.3 is 12.1 Å². The van der Waals surface area contributed by atoms with Gasteiger partial charge in [0.1, 0.15) is 19.1 Å². The van der Waals surface area contributed by atoms with Crippen molar-refractivity contribution in [3.05, 3.63) is 59.7 Å². The quantitative estimate of drug-likeness (QED) is 0.258. The predicted molar refractivity (Wildman–Crippen MR) is 129 cm³/mol. The molecule has 0 aliphatic heterocycles. The highest BCUT2D eigenvalue weighted by Gasteiger charge is 2.29. The fourth-order valence-corrected chi connectivity index (χ4v) is 4.10. The summed E-state index contributed by atoms with van der Waals surface area (Å²) in [5.41, 5.74) is 4.45. The molecule has 0 heterocycles. The molecule has 3 rings (SSSR count). The average Bonchev–Trinajstić information content (AvgIpc) is 3.18. The summed E-state index contributed by atoms with van der Waals surface area (Å²) in [5, 5.41) is 7.37. The number of hydrogen-bond donors (Lipinski definition) is 3. The normalized spacial score (nSPS) is 12.6. The fourth-order valence-electron chi connectivity index (χ4n) is 4.10. The summed E-state index contributed by atoms with van der Waals surface area (Å²) < 4.78 is 10.3. The van der Waals surface area contributed by atoms with Gasteiger partial charge in [0, 0.05) is 5.92 Å². The largest absolute Gasteiger partial charge is 0.465 e. The molecule has 2 aromatic carbocycles. The van der Waals surface area contributed by atoms with Gasteiger partial charge in [0.05, 0.1) is 13.3 Å². The van der Waals surface area contributed by atoms with E-state index in [1.807, 2.05) is 43.3 Å². The van der Waals surface area contributed by atoms with E-state index in [4.69, 9.17) is 9.47 Å². The first kappa shape index (κ1) is 25.7. The molecule has 9 heteroatoms. The van der Waals surface area contributed by atoms with Gasteiger partial charge in [-0.05, 0) is 35.6 Å². The van der Waals surface area contributed by atoms with E-state index in [-0.39, 0.29) is 32.3 Å². The third kappa shape index (κ3) is 6.59. The minimum Gasteiger partial charge on any atom is -0.465 e. The number of benzene rings is 2. The van der Waals surface area contributed by atoms with E-state index < -0.39 is 29.8 Å². The Bertz CT molecular complexity index is 1030. The second kappa shape index (κ2) is 12.5. The van der Waals surface area contributed by atoms with Crippen LogP contribution in [0.25, 0.3) is 11.1 Å². The third-order valence-corrected chi connectivity index (χ3v) is 5.75. The first-order valence-corrected chi connectivity index (χ1v) is 11.8. The molecule has 35 heavy (non-hydrogen) atoms. The average molecular weight is 482 g/mol. The SMILES string of the molecule is CCCC(C(=O)NCNC(=O)CNC(=O)OCC1c2ccccc2-c2ccccc21)C(=O)OCC. The van der Waals surface area contributed by atoms with E-state index in [1.165, 1.54) is 0 Å². The Hall–Kier alpha value is -3.88. The molecular formula is C26H31N3O6. The highest BCUT2D eigenvalue weighted by molar-refractivity contribution is 5.97. The molecule has 0 saturated carbocycles. The first-order valence-electron chi connectivity index (χ1n) is 11.8. The van der Waals surface area contributed by atoms with Gasteiger partial charge in [-0.2, -0.15) is 0 Å². The van der Waals surface area contributed by atoms with Crippen LogP contribution < -0.4 is 16.0 Å². The molecule has 186 valence electrons. The summed E-state index contributed by atoms with van der Waals surface area (Å²) >= 11 is 0. The van der Waals surface area contributed by atoms with Crippen molar-refractivity contribution >= 4 is 23.9 Å². The molecule has 9 nitrogen and oxygen atoms in total. The monoisotopic (exact) mass is 481 g/mol. The molecule has 1 atom stereocenters. The van der Waals surface area contributed by atoms with Crippen LogP contribution in [-0.2, 0) is 23.9 Å². The smallest absolute Gasteiger partial charge is 0.407 e. The van der Waals surface area contributed by atoms with Crippen LogP contribution in [0.1, 0.15) is 43.7 Å². The number of ether oxygens (including phenoxy) is 2. The van der Waals surface area contributed by atoms with Crippen molar-refractivity contribution in [2.45, 2.75) is 32.6 Å². The summed E-state index contributed by atoms with van der Waals surface area (Å²) in [6.07, 6.45) is 0.270. The standard InChI is InChI=1S/C26H31N3O6/c1-3-9-21(25(32)34-4-2)24(31)29-16-28-23(30)14-27-26(33)35-15-22-19-12-7-5-10-17(19)18-11-6-8-13-20(18)22/h5-8,10-13,21-22H,3-4,9,14-16H2,1-2H3,(H,27,33)(H,28,30)(H,29,31). The highest BCUT2D eigenvalue weighted by atomic mass is 16.5. The van der Waals surface area contributed by atoms with Crippen LogP contribution in [-0.4, -0.2) is 50.3 Å². The van der Waals surface area contributed by atoms with Gasteiger partial charge in [-0.1, -0.05) is 61.9 Å². The number of esters is 1. The van der Waals surface area contributed by atoms with Crippen molar-refractivity contribution in [3.8, 4) is 11.1 Å². The fraction of sp³-hybridized carbons (Fsp3) is 0.385. The van der Waals surface area contributed by atoms with Crippen LogP contribution in [0.4, 0.5) is 4.79 Å². The summed E-state index contributed by atoms with van der Waals surface area (Å²) in [6.45, 7) is 3.36. The summed E-state index contributed by atoms with van der Waals surface area (Å²) in [7, 11) is 0. The molecule has 0 aromatic heterocycles.